The molecular formula is C51H52O6. The molecule has 0 aliphatic heterocycles. The second kappa shape index (κ2) is 18.2. The van der Waals surface area contributed by atoms with Gasteiger partial charge in [-0.05, 0) is 176 Å². The van der Waals surface area contributed by atoms with E-state index < -0.39 is 0 Å². The summed E-state index contributed by atoms with van der Waals surface area (Å²) in [6.45, 7) is 8.07. The molecule has 57 heavy (non-hydrogen) atoms. The van der Waals surface area contributed by atoms with Crippen LogP contribution in [0.2, 0.25) is 0 Å². The van der Waals surface area contributed by atoms with Crippen molar-refractivity contribution in [3.63, 3.8) is 0 Å². The highest BCUT2D eigenvalue weighted by molar-refractivity contribution is 5.79. The Kier molecular flexibility index (Phi) is 12.9. The summed E-state index contributed by atoms with van der Waals surface area (Å²) >= 11 is 0. The quantitative estimate of drug-likeness (QED) is 0.133. The number of benzene rings is 6. The van der Waals surface area contributed by atoms with E-state index >= 15 is 0 Å². The fourth-order valence-electron chi connectivity index (χ4n) is 8.08. The molecule has 0 spiro atoms. The average Bonchev–Trinajstić information content (AvgIpc) is 3.23. The largest absolute Gasteiger partial charge is 0.507 e. The number of phenolic OH excluding ortho intramolecular Hbond substituents is 4. The summed E-state index contributed by atoms with van der Waals surface area (Å²) in [6.07, 6.45) is 9.82. The molecule has 6 aromatic carbocycles. The number of carbonyl (C=O) groups excluding carboxylic acids is 2. The maximum atomic E-state index is 10.7. The van der Waals surface area contributed by atoms with Gasteiger partial charge in [0.2, 0.25) is 0 Å². The van der Waals surface area contributed by atoms with Gasteiger partial charge >= 0.3 is 0 Å². The topological polar surface area (TPSA) is 115 Å². The standard InChI is InChI=1S/C19H22O.C17H18O2.C15H12O3/c1-13-7-15-5-3-4-6-18-12-17(9-14(2)19(18)20)11-16(8-13)10-15;1-10-5-12-7-13-6-11(2)17(19)15(9-13)4-3-14(8-12)16(10)18;16-9-13-3-1-2-11(7-13)6-12-4-5-15(18)14(8-12)10-17/h7-10,12,20H,3-6,11H2,1-2H3;5-6,8-9,18-19H,3-4,7H2,1-2H3;1-5,7-10,18H,6H2. The number of fused-ring (bicyclic) bond motifs is 8. The first kappa shape index (κ1) is 40.5. The van der Waals surface area contributed by atoms with Crippen LogP contribution in [0.5, 0.6) is 23.0 Å². The van der Waals surface area contributed by atoms with Gasteiger partial charge in [-0.25, -0.2) is 0 Å². The van der Waals surface area contributed by atoms with Crippen molar-refractivity contribution >= 4 is 12.6 Å². The van der Waals surface area contributed by atoms with Gasteiger partial charge in [-0.3, -0.25) is 9.59 Å². The van der Waals surface area contributed by atoms with Gasteiger partial charge in [0, 0.05) is 5.56 Å². The molecule has 0 unspecified atom stereocenters. The zero-order chi connectivity index (χ0) is 40.6. The van der Waals surface area contributed by atoms with E-state index in [-0.39, 0.29) is 11.3 Å². The highest BCUT2D eigenvalue weighted by Crippen LogP contribution is 2.33. The number of aryl methyl sites for hydroxylation is 8. The molecular weight excluding hydrogens is 709 g/mol. The van der Waals surface area contributed by atoms with Gasteiger partial charge in [-0.15, -0.1) is 0 Å². The Morgan fingerprint density at radius 1 is 0.491 bits per heavy atom. The molecule has 8 rings (SSSR count). The average molecular weight is 761 g/mol. The Bertz CT molecular complexity index is 2370. The number of aromatic hydroxyl groups is 4. The summed E-state index contributed by atoms with van der Waals surface area (Å²) < 4.78 is 0. The smallest absolute Gasteiger partial charge is 0.153 e. The van der Waals surface area contributed by atoms with Crippen molar-refractivity contribution in [1.82, 2.24) is 0 Å². The molecule has 6 nitrogen and oxygen atoms in total. The Morgan fingerprint density at radius 2 is 1.00 bits per heavy atom. The van der Waals surface area contributed by atoms with Gasteiger partial charge in [0.15, 0.2) is 6.29 Å². The maximum absolute atomic E-state index is 10.7. The number of aldehydes is 2. The zero-order valence-electron chi connectivity index (χ0n) is 33.4. The van der Waals surface area contributed by atoms with Crippen LogP contribution < -0.4 is 0 Å². The molecule has 2 aliphatic rings. The summed E-state index contributed by atoms with van der Waals surface area (Å²) in [7, 11) is 0. The van der Waals surface area contributed by atoms with E-state index in [0.29, 0.717) is 35.5 Å². The third kappa shape index (κ3) is 10.4. The number of rotatable bonds is 4. The van der Waals surface area contributed by atoms with E-state index in [9.17, 15) is 30.0 Å². The van der Waals surface area contributed by atoms with E-state index in [1.165, 1.54) is 45.9 Å². The predicted molar refractivity (Wildman–Crippen MR) is 228 cm³/mol. The Hall–Kier alpha value is -6.14. The lowest BCUT2D eigenvalue weighted by Crippen LogP contribution is -1.94. The summed E-state index contributed by atoms with van der Waals surface area (Å²) in [6, 6.07) is 31.7. The predicted octanol–water partition coefficient (Wildman–Crippen LogP) is 10.5. The van der Waals surface area contributed by atoms with E-state index in [1.54, 1.807) is 24.3 Å². The monoisotopic (exact) mass is 760 g/mol. The SMILES string of the molecule is Cc1cc2cc(c1)Cc1cc(C)c(O)c(c1)CCCC2.Cc1cc2cc(c1O)CCc1cc(cc(C)c1O)C2.O=Cc1cccc(Cc2ccc(O)c(C=O)c2)c1. The summed E-state index contributed by atoms with van der Waals surface area (Å²) in [5.41, 5.74) is 16.7. The molecule has 0 saturated carbocycles. The van der Waals surface area contributed by atoms with Crippen LogP contribution in [-0.4, -0.2) is 33.0 Å². The van der Waals surface area contributed by atoms with Gasteiger partial charge in [0.1, 0.15) is 29.3 Å². The first-order valence-corrected chi connectivity index (χ1v) is 19.7. The summed E-state index contributed by atoms with van der Waals surface area (Å²) in [5.74, 6) is 1.27. The van der Waals surface area contributed by atoms with E-state index in [2.05, 4.69) is 49.4 Å². The van der Waals surface area contributed by atoms with Crippen molar-refractivity contribution in [3.05, 3.63) is 186 Å². The number of hydrogen-bond donors (Lipinski definition) is 4. The minimum atomic E-state index is -0.0182. The third-order valence-corrected chi connectivity index (χ3v) is 10.9. The number of phenols is 4. The summed E-state index contributed by atoms with van der Waals surface area (Å²) in [4.78, 5) is 21.4. The van der Waals surface area contributed by atoms with E-state index in [4.69, 9.17) is 0 Å². The van der Waals surface area contributed by atoms with Gasteiger partial charge in [0.05, 0.1) is 5.56 Å². The van der Waals surface area contributed by atoms with Crippen molar-refractivity contribution in [3.8, 4) is 23.0 Å². The molecule has 292 valence electrons. The second-order valence-electron chi connectivity index (χ2n) is 15.7. The van der Waals surface area contributed by atoms with E-state index in [1.807, 2.05) is 45.0 Å². The normalized spacial score (nSPS) is 12.8. The highest BCUT2D eigenvalue weighted by Gasteiger charge is 2.15. The molecule has 6 aromatic rings. The number of hydrogen-bond acceptors (Lipinski definition) is 6. The molecule has 0 aromatic heterocycles. The Labute approximate surface area is 336 Å². The Morgan fingerprint density at radius 3 is 1.56 bits per heavy atom. The van der Waals surface area contributed by atoms with E-state index in [0.717, 1.165) is 95.7 Å². The van der Waals surface area contributed by atoms with Crippen molar-refractivity contribution in [2.75, 3.05) is 0 Å². The zero-order valence-corrected chi connectivity index (χ0v) is 33.4. The molecule has 0 radical (unpaired) electrons. The van der Waals surface area contributed by atoms with Crippen molar-refractivity contribution in [2.45, 2.75) is 85.5 Å². The highest BCUT2D eigenvalue weighted by atomic mass is 16.3. The fraction of sp³-hybridized carbons (Fsp3) is 0.255. The third-order valence-electron chi connectivity index (χ3n) is 10.9. The van der Waals surface area contributed by atoms with Gasteiger partial charge in [-0.2, -0.15) is 0 Å². The molecule has 0 heterocycles. The van der Waals surface area contributed by atoms with Crippen LogP contribution >= 0.6 is 0 Å². The van der Waals surface area contributed by atoms with Crippen LogP contribution in [0.25, 0.3) is 0 Å². The van der Waals surface area contributed by atoms with Crippen LogP contribution in [0.15, 0.2) is 97.1 Å². The lowest BCUT2D eigenvalue weighted by Gasteiger charge is -2.11. The molecule has 0 atom stereocenters. The van der Waals surface area contributed by atoms with Gasteiger partial charge in [-0.1, -0.05) is 84.4 Å². The maximum Gasteiger partial charge on any atom is 0.153 e. The van der Waals surface area contributed by atoms with Gasteiger partial charge < -0.3 is 20.4 Å². The molecule has 0 saturated heterocycles. The van der Waals surface area contributed by atoms with Crippen molar-refractivity contribution < 1.29 is 30.0 Å². The first-order chi connectivity index (χ1) is 27.4. The number of carbonyl (C=O) groups is 2. The minimum absolute atomic E-state index is 0.0182. The lowest BCUT2D eigenvalue weighted by molar-refractivity contribution is 0.111. The lowest BCUT2D eigenvalue weighted by atomic mass is 9.96. The van der Waals surface area contributed by atoms with Crippen molar-refractivity contribution in [2.24, 2.45) is 0 Å². The van der Waals surface area contributed by atoms with Crippen molar-refractivity contribution in [1.29, 1.82) is 0 Å². The van der Waals surface area contributed by atoms with Crippen LogP contribution in [0.3, 0.4) is 0 Å². The molecule has 0 fully saturated rings. The summed E-state index contributed by atoms with van der Waals surface area (Å²) in [5, 5.41) is 39.8. The minimum Gasteiger partial charge on any atom is -0.507 e. The molecule has 8 bridgehead atoms. The molecule has 4 N–H and O–H groups in total. The first-order valence-electron chi connectivity index (χ1n) is 19.7. The van der Waals surface area contributed by atoms with Crippen LogP contribution in [-0.2, 0) is 44.9 Å². The van der Waals surface area contributed by atoms with Gasteiger partial charge in [0.25, 0.3) is 0 Å². The van der Waals surface area contributed by atoms with Crippen LogP contribution in [0, 0.1) is 27.7 Å². The molecule has 2 aliphatic carbocycles. The molecule has 0 amide bonds. The second-order valence-corrected chi connectivity index (χ2v) is 15.7. The Balaban J connectivity index is 0.000000145. The molecule has 6 heteroatoms. The fourth-order valence-corrected chi connectivity index (χ4v) is 8.08. The van der Waals surface area contributed by atoms with Crippen LogP contribution in [0.1, 0.15) is 111 Å². The van der Waals surface area contributed by atoms with Crippen LogP contribution in [0.4, 0.5) is 0 Å².